The van der Waals surface area contributed by atoms with E-state index in [-0.39, 0.29) is 11.5 Å². The van der Waals surface area contributed by atoms with Gasteiger partial charge in [0.25, 0.3) is 11.5 Å². The van der Waals surface area contributed by atoms with E-state index in [1.54, 1.807) is 24.2 Å². The van der Waals surface area contributed by atoms with Gasteiger partial charge in [-0.05, 0) is 36.8 Å². The number of carbonyl (C=O) groups is 1. The molecule has 2 aromatic heterocycles. The van der Waals surface area contributed by atoms with Gasteiger partial charge in [0.05, 0.1) is 11.2 Å². The minimum Gasteiger partial charge on any atom is -0.334 e. The van der Waals surface area contributed by atoms with Crippen molar-refractivity contribution in [2.75, 3.05) is 6.54 Å². The molecule has 3 heterocycles. The first-order valence-corrected chi connectivity index (χ1v) is 8.24. The summed E-state index contributed by atoms with van der Waals surface area (Å²) in [5.74, 6) is -0.0310. The number of rotatable bonds is 1. The molecule has 1 aromatic carbocycles. The quantitative estimate of drug-likeness (QED) is 0.681. The van der Waals surface area contributed by atoms with Crippen molar-refractivity contribution in [1.82, 2.24) is 19.7 Å². The van der Waals surface area contributed by atoms with Gasteiger partial charge in [-0.2, -0.15) is 5.10 Å². The van der Waals surface area contributed by atoms with E-state index in [0.717, 1.165) is 27.7 Å². The van der Waals surface area contributed by atoms with Crippen LogP contribution >= 0.6 is 0 Å². The normalized spacial score (nSPS) is 13.8. The Bertz CT molecular complexity index is 1050. The van der Waals surface area contributed by atoms with Gasteiger partial charge in [-0.3, -0.25) is 14.6 Å². The Hall–Kier alpha value is -3.02. The Morgan fingerprint density at radius 1 is 1.20 bits per heavy atom. The fraction of sp³-hybridized carbons (Fsp3) is 0.263. The largest absolute Gasteiger partial charge is 0.334 e. The molecule has 3 aromatic rings. The number of aryl methyl sites for hydroxylation is 2. The summed E-state index contributed by atoms with van der Waals surface area (Å²) in [5, 5.41) is 5.28. The minimum atomic E-state index is -0.152. The van der Waals surface area contributed by atoms with Gasteiger partial charge in [0.1, 0.15) is 0 Å². The monoisotopic (exact) mass is 334 g/mol. The highest BCUT2D eigenvalue weighted by atomic mass is 16.2. The summed E-state index contributed by atoms with van der Waals surface area (Å²) in [6.45, 7) is 3.03. The van der Waals surface area contributed by atoms with E-state index in [2.05, 4.69) is 10.1 Å². The molecular weight excluding hydrogens is 316 g/mol. The van der Waals surface area contributed by atoms with Crippen LogP contribution in [0.3, 0.4) is 0 Å². The molecule has 0 spiro atoms. The lowest BCUT2D eigenvalue weighted by molar-refractivity contribution is 0.0733. The van der Waals surface area contributed by atoms with Gasteiger partial charge in [0, 0.05) is 55.3 Å². The number of carbonyl (C=O) groups excluding carboxylic acids is 1. The molecule has 0 fully saturated rings. The molecule has 0 radical (unpaired) electrons. The van der Waals surface area contributed by atoms with Crippen LogP contribution < -0.4 is 5.56 Å². The van der Waals surface area contributed by atoms with Crippen LogP contribution in [-0.2, 0) is 20.0 Å². The molecule has 0 aliphatic carbocycles. The Balaban J connectivity index is 1.66. The van der Waals surface area contributed by atoms with Gasteiger partial charge in [0.2, 0.25) is 0 Å². The smallest absolute Gasteiger partial charge is 0.266 e. The summed E-state index contributed by atoms with van der Waals surface area (Å²) in [4.78, 5) is 30.8. The molecule has 0 N–H and O–H groups in total. The highest BCUT2D eigenvalue weighted by molar-refractivity contribution is 5.98. The molecule has 1 aliphatic rings. The Morgan fingerprint density at radius 2 is 2.04 bits per heavy atom. The Labute approximate surface area is 144 Å². The maximum atomic E-state index is 12.9. The van der Waals surface area contributed by atoms with Crippen LogP contribution in [0.1, 0.15) is 27.2 Å². The second kappa shape index (κ2) is 5.81. The van der Waals surface area contributed by atoms with Crippen LogP contribution in [0.4, 0.5) is 0 Å². The molecule has 126 valence electrons. The zero-order chi connectivity index (χ0) is 17.6. The van der Waals surface area contributed by atoms with Crippen molar-refractivity contribution >= 4 is 16.8 Å². The average molecular weight is 334 g/mol. The maximum absolute atomic E-state index is 12.9. The first-order chi connectivity index (χ1) is 12.0. The molecule has 6 heteroatoms. The summed E-state index contributed by atoms with van der Waals surface area (Å²) < 4.78 is 1.34. The lowest BCUT2D eigenvalue weighted by Gasteiger charge is -2.28. The van der Waals surface area contributed by atoms with Crippen LogP contribution in [0.2, 0.25) is 0 Å². The summed E-state index contributed by atoms with van der Waals surface area (Å²) in [6, 6.07) is 9.11. The van der Waals surface area contributed by atoms with Crippen molar-refractivity contribution in [3.8, 4) is 0 Å². The predicted octanol–water partition coefficient (Wildman–Crippen LogP) is 1.84. The molecule has 25 heavy (non-hydrogen) atoms. The van der Waals surface area contributed by atoms with Crippen molar-refractivity contribution in [2.45, 2.75) is 19.9 Å². The summed E-state index contributed by atoms with van der Waals surface area (Å²) in [5.41, 5.74) is 4.19. The number of hydrogen-bond acceptors (Lipinski definition) is 4. The molecule has 0 saturated carbocycles. The van der Waals surface area contributed by atoms with Crippen LogP contribution in [0.5, 0.6) is 0 Å². The van der Waals surface area contributed by atoms with Gasteiger partial charge in [-0.15, -0.1) is 0 Å². The predicted molar refractivity (Wildman–Crippen MR) is 94.4 cm³/mol. The van der Waals surface area contributed by atoms with E-state index in [9.17, 15) is 9.59 Å². The van der Waals surface area contributed by atoms with Crippen molar-refractivity contribution in [3.63, 3.8) is 0 Å². The maximum Gasteiger partial charge on any atom is 0.266 e. The fourth-order valence-electron chi connectivity index (χ4n) is 3.27. The van der Waals surface area contributed by atoms with Crippen LogP contribution in [0, 0.1) is 6.92 Å². The Kier molecular flexibility index (Phi) is 3.60. The molecule has 1 amide bonds. The summed E-state index contributed by atoms with van der Waals surface area (Å²) >= 11 is 0. The average Bonchev–Trinajstić information content (AvgIpc) is 2.62. The molecule has 0 bridgehead atoms. The van der Waals surface area contributed by atoms with Crippen molar-refractivity contribution < 1.29 is 4.79 Å². The summed E-state index contributed by atoms with van der Waals surface area (Å²) in [7, 11) is 1.64. The molecule has 0 unspecified atom stereocenters. The van der Waals surface area contributed by atoms with E-state index >= 15 is 0 Å². The highest BCUT2D eigenvalue weighted by Gasteiger charge is 2.23. The molecule has 4 rings (SSSR count). The third-order valence-corrected chi connectivity index (χ3v) is 4.73. The van der Waals surface area contributed by atoms with Crippen LogP contribution in [0.15, 0.2) is 41.3 Å². The molecule has 1 aliphatic heterocycles. The fourth-order valence-corrected chi connectivity index (χ4v) is 3.27. The first-order valence-electron chi connectivity index (χ1n) is 8.24. The molecule has 0 atom stereocenters. The zero-order valence-corrected chi connectivity index (χ0v) is 14.2. The van der Waals surface area contributed by atoms with E-state index in [0.29, 0.717) is 25.1 Å². The van der Waals surface area contributed by atoms with Crippen LogP contribution in [0.25, 0.3) is 10.9 Å². The van der Waals surface area contributed by atoms with Crippen molar-refractivity contribution in [3.05, 3.63) is 69.3 Å². The first kappa shape index (κ1) is 15.5. The van der Waals surface area contributed by atoms with E-state index < -0.39 is 0 Å². The second-order valence-electron chi connectivity index (χ2n) is 6.41. The van der Waals surface area contributed by atoms with E-state index in [1.807, 2.05) is 31.2 Å². The SMILES string of the molecule is Cc1ccnc2ccc(C(=O)N3CCc4nn(C)c(=O)cc4C3)cc12. The number of aromatic nitrogens is 3. The molecular formula is C19H18N4O2. The standard InChI is InChI=1S/C19H18N4O2/c1-12-5-7-20-17-4-3-13(9-15(12)17)19(25)23-8-6-16-14(11-23)10-18(24)22(2)21-16/h3-5,7,9-10H,6,8,11H2,1-2H3. The minimum absolute atomic E-state index is 0.0310. The van der Waals surface area contributed by atoms with E-state index in [4.69, 9.17) is 0 Å². The Morgan fingerprint density at radius 3 is 2.88 bits per heavy atom. The second-order valence-corrected chi connectivity index (χ2v) is 6.41. The topological polar surface area (TPSA) is 68.1 Å². The van der Waals surface area contributed by atoms with Gasteiger partial charge >= 0.3 is 0 Å². The number of fused-ring (bicyclic) bond motifs is 2. The van der Waals surface area contributed by atoms with E-state index in [1.165, 1.54) is 4.68 Å². The van der Waals surface area contributed by atoms with Crippen molar-refractivity contribution in [1.29, 1.82) is 0 Å². The summed E-state index contributed by atoms with van der Waals surface area (Å²) in [6.07, 6.45) is 2.43. The number of benzene rings is 1. The highest BCUT2D eigenvalue weighted by Crippen LogP contribution is 2.21. The number of hydrogen-bond donors (Lipinski definition) is 0. The van der Waals surface area contributed by atoms with Gasteiger partial charge < -0.3 is 4.90 Å². The van der Waals surface area contributed by atoms with Gasteiger partial charge in [-0.25, -0.2) is 4.68 Å². The zero-order valence-electron chi connectivity index (χ0n) is 14.2. The third-order valence-electron chi connectivity index (χ3n) is 4.73. The molecule has 0 saturated heterocycles. The lowest BCUT2D eigenvalue weighted by Crippen LogP contribution is -2.38. The van der Waals surface area contributed by atoms with Gasteiger partial charge in [0.15, 0.2) is 0 Å². The third kappa shape index (κ3) is 2.69. The lowest BCUT2D eigenvalue weighted by atomic mass is 10.0. The molecule has 6 nitrogen and oxygen atoms in total. The van der Waals surface area contributed by atoms with Gasteiger partial charge in [-0.1, -0.05) is 0 Å². The number of amides is 1. The van der Waals surface area contributed by atoms with Crippen molar-refractivity contribution in [2.24, 2.45) is 7.05 Å². The number of nitrogens with zero attached hydrogens (tertiary/aromatic N) is 4. The van der Waals surface area contributed by atoms with Crippen LogP contribution in [-0.4, -0.2) is 32.1 Å². The number of pyridine rings is 1.